The van der Waals surface area contributed by atoms with Gasteiger partial charge in [-0.2, -0.15) is 0 Å². The summed E-state index contributed by atoms with van der Waals surface area (Å²) in [6.45, 7) is 4.63. The minimum absolute atomic E-state index is 0.00490. The van der Waals surface area contributed by atoms with Crippen LogP contribution in [0, 0.1) is 34.5 Å². The Morgan fingerprint density at radius 1 is 1.09 bits per heavy atom. The summed E-state index contributed by atoms with van der Waals surface area (Å²) in [4.78, 5) is 23.5. The maximum absolute atomic E-state index is 11.8. The first-order valence-electron chi connectivity index (χ1n) is 9.33. The van der Waals surface area contributed by atoms with E-state index in [2.05, 4.69) is 13.8 Å². The fourth-order valence-corrected chi connectivity index (χ4v) is 6.97. The van der Waals surface area contributed by atoms with Crippen molar-refractivity contribution in [2.45, 2.75) is 65.2 Å². The van der Waals surface area contributed by atoms with Crippen LogP contribution in [0.5, 0.6) is 0 Å². The maximum atomic E-state index is 11.8. The van der Waals surface area contributed by atoms with Crippen molar-refractivity contribution in [2.24, 2.45) is 34.5 Å². The molecule has 3 saturated carbocycles. The second kappa shape index (κ2) is 4.94. The van der Waals surface area contributed by atoms with Gasteiger partial charge >= 0.3 is 5.97 Å². The predicted molar refractivity (Wildman–Crippen MR) is 87.8 cm³/mol. The van der Waals surface area contributed by atoms with E-state index in [1.54, 1.807) is 0 Å². The SMILES string of the molecule is C[C@]12CC[C@@H]3[C@@H](CCC4=CC(=O)CC[C@@]43C)[C@@H]1CC[C@@H]2C(=O)O. The van der Waals surface area contributed by atoms with Crippen LogP contribution in [0.25, 0.3) is 0 Å². The number of ketones is 1. The van der Waals surface area contributed by atoms with Gasteiger partial charge in [0.15, 0.2) is 5.78 Å². The van der Waals surface area contributed by atoms with Crippen molar-refractivity contribution >= 4 is 11.8 Å². The Balaban J connectivity index is 1.67. The molecule has 0 saturated heterocycles. The second-order valence-electron chi connectivity index (χ2n) is 8.98. The lowest BCUT2D eigenvalue weighted by Crippen LogP contribution is -2.51. The number of allylic oxidation sites excluding steroid dienone is 1. The molecule has 1 N–H and O–H groups in total. The average Bonchev–Trinajstić information content (AvgIpc) is 2.85. The normalized spacial score (nSPS) is 49.0. The van der Waals surface area contributed by atoms with E-state index >= 15 is 0 Å². The zero-order valence-corrected chi connectivity index (χ0v) is 14.3. The van der Waals surface area contributed by atoms with Crippen molar-refractivity contribution in [1.82, 2.24) is 0 Å². The quantitative estimate of drug-likeness (QED) is 0.788. The Morgan fingerprint density at radius 2 is 1.87 bits per heavy atom. The minimum Gasteiger partial charge on any atom is -0.481 e. The van der Waals surface area contributed by atoms with Gasteiger partial charge in [-0.1, -0.05) is 19.4 Å². The number of aliphatic carboxylic acids is 1. The minimum atomic E-state index is -0.584. The number of rotatable bonds is 1. The Labute approximate surface area is 138 Å². The van der Waals surface area contributed by atoms with Crippen molar-refractivity contribution < 1.29 is 14.7 Å². The molecule has 0 unspecified atom stereocenters. The van der Waals surface area contributed by atoms with Crippen LogP contribution in [0.4, 0.5) is 0 Å². The van der Waals surface area contributed by atoms with Crippen molar-refractivity contribution in [1.29, 1.82) is 0 Å². The number of carboxylic acid groups (broad SMARTS) is 1. The van der Waals surface area contributed by atoms with Gasteiger partial charge in [-0.05, 0) is 79.6 Å². The van der Waals surface area contributed by atoms with Gasteiger partial charge < -0.3 is 5.11 Å². The van der Waals surface area contributed by atoms with Crippen LogP contribution in [0.1, 0.15) is 65.2 Å². The van der Waals surface area contributed by atoms with Gasteiger partial charge in [-0.3, -0.25) is 9.59 Å². The molecule has 0 bridgehead atoms. The predicted octanol–water partition coefficient (Wildman–Crippen LogP) is 4.22. The lowest BCUT2D eigenvalue weighted by atomic mass is 9.47. The molecule has 4 aliphatic carbocycles. The topological polar surface area (TPSA) is 54.4 Å². The zero-order chi connectivity index (χ0) is 16.4. The molecular formula is C20H28O3. The molecule has 0 aliphatic heterocycles. The van der Waals surface area contributed by atoms with E-state index in [9.17, 15) is 14.7 Å². The van der Waals surface area contributed by atoms with Crippen LogP contribution in [-0.2, 0) is 9.59 Å². The molecule has 6 atom stereocenters. The Hall–Kier alpha value is -1.12. The third-order valence-corrected chi connectivity index (χ3v) is 8.26. The molecule has 23 heavy (non-hydrogen) atoms. The highest BCUT2D eigenvalue weighted by molar-refractivity contribution is 5.91. The van der Waals surface area contributed by atoms with Gasteiger partial charge in [0.25, 0.3) is 0 Å². The molecule has 0 radical (unpaired) electrons. The number of fused-ring (bicyclic) bond motifs is 5. The van der Waals surface area contributed by atoms with Crippen LogP contribution in [0.2, 0.25) is 0 Å². The molecule has 126 valence electrons. The second-order valence-corrected chi connectivity index (χ2v) is 8.98. The van der Waals surface area contributed by atoms with Gasteiger partial charge in [0.2, 0.25) is 0 Å². The van der Waals surface area contributed by atoms with Crippen molar-refractivity contribution in [2.75, 3.05) is 0 Å². The third kappa shape index (κ3) is 2.01. The molecule has 0 aromatic carbocycles. The van der Waals surface area contributed by atoms with Crippen LogP contribution in [0.15, 0.2) is 11.6 Å². The first kappa shape index (κ1) is 15.4. The van der Waals surface area contributed by atoms with Gasteiger partial charge in [0.1, 0.15) is 0 Å². The number of carbonyl (C=O) groups excluding carboxylic acids is 1. The summed E-state index contributed by atoms with van der Waals surface area (Å²) in [5, 5.41) is 9.63. The smallest absolute Gasteiger partial charge is 0.307 e. The highest BCUT2D eigenvalue weighted by Gasteiger charge is 2.60. The summed E-state index contributed by atoms with van der Waals surface area (Å²) in [6, 6.07) is 0. The maximum Gasteiger partial charge on any atom is 0.307 e. The highest BCUT2D eigenvalue weighted by atomic mass is 16.4. The lowest BCUT2D eigenvalue weighted by Gasteiger charge is -2.57. The third-order valence-electron chi connectivity index (χ3n) is 8.26. The first-order valence-corrected chi connectivity index (χ1v) is 9.33. The molecule has 4 aliphatic rings. The Bertz CT molecular complexity index is 592. The van der Waals surface area contributed by atoms with Gasteiger partial charge in [0, 0.05) is 6.42 Å². The standard InChI is InChI=1S/C20H28O3/c1-19-9-7-13(21)11-12(19)3-4-14-15-5-6-17(18(22)23)20(15,2)10-8-16(14)19/h11,14-17H,3-10H2,1-2H3,(H,22,23)/t14-,15-,16+,17+,19-,20-/m0/s1. The molecule has 0 amide bonds. The number of carbonyl (C=O) groups is 2. The zero-order valence-electron chi connectivity index (χ0n) is 14.3. The number of hydrogen-bond acceptors (Lipinski definition) is 2. The number of hydrogen-bond donors (Lipinski definition) is 1. The van der Waals surface area contributed by atoms with Crippen molar-refractivity contribution in [3.8, 4) is 0 Å². The van der Waals surface area contributed by atoms with Crippen LogP contribution in [0.3, 0.4) is 0 Å². The van der Waals surface area contributed by atoms with Crippen LogP contribution < -0.4 is 0 Å². The summed E-state index contributed by atoms with van der Waals surface area (Å²) in [5.74, 6) is 1.46. The average molecular weight is 316 g/mol. The monoisotopic (exact) mass is 316 g/mol. The first-order chi connectivity index (χ1) is 10.9. The van der Waals surface area contributed by atoms with Gasteiger partial charge in [-0.15, -0.1) is 0 Å². The molecule has 0 spiro atoms. The van der Waals surface area contributed by atoms with Gasteiger partial charge in [-0.25, -0.2) is 0 Å². The summed E-state index contributed by atoms with van der Waals surface area (Å²) < 4.78 is 0. The van der Waals surface area contributed by atoms with E-state index in [1.807, 2.05) is 6.08 Å². The number of carboxylic acids is 1. The van der Waals surface area contributed by atoms with E-state index in [0.29, 0.717) is 30.0 Å². The summed E-state index contributed by atoms with van der Waals surface area (Å²) >= 11 is 0. The summed E-state index contributed by atoms with van der Waals surface area (Å²) in [5.41, 5.74) is 1.58. The Morgan fingerprint density at radius 3 is 2.61 bits per heavy atom. The summed E-state index contributed by atoms with van der Waals surface area (Å²) in [6.07, 6.45) is 9.99. The van der Waals surface area contributed by atoms with E-state index in [0.717, 1.165) is 44.9 Å². The van der Waals surface area contributed by atoms with Crippen LogP contribution in [-0.4, -0.2) is 16.9 Å². The molecular weight excluding hydrogens is 288 g/mol. The molecule has 3 nitrogen and oxygen atoms in total. The molecule has 0 aromatic rings. The molecule has 0 aromatic heterocycles. The molecule has 3 heteroatoms. The van der Waals surface area contributed by atoms with Gasteiger partial charge in [0.05, 0.1) is 5.92 Å². The fourth-order valence-electron chi connectivity index (χ4n) is 6.97. The fraction of sp³-hybridized carbons (Fsp3) is 0.800. The molecule has 0 heterocycles. The van der Waals surface area contributed by atoms with E-state index < -0.39 is 5.97 Å². The Kier molecular flexibility index (Phi) is 3.31. The molecule has 3 fully saturated rings. The van der Waals surface area contributed by atoms with Crippen LogP contribution >= 0.6 is 0 Å². The lowest BCUT2D eigenvalue weighted by molar-refractivity contribution is -0.149. The molecule has 4 rings (SSSR count). The van der Waals surface area contributed by atoms with Crippen molar-refractivity contribution in [3.63, 3.8) is 0 Å². The van der Waals surface area contributed by atoms with E-state index in [1.165, 1.54) is 5.57 Å². The highest BCUT2D eigenvalue weighted by Crippen LogP contribution is 2.66. The largest absolute Gasteiger partial charge is 0.481 e. The van der Waals surface area contributed by atoms with E-state index in [-0.39, 0.29) is 16.7 Å². The van der Waals surface area contributed by atoms with E-state index in [4.69, 9.17) is 0 Å². The van der Waals surface area contributed by atoms with Crippen molar-refractivity contribution in [3.05, 3.63) is 11.6 Å². The summed E-state index contributed by atoms with van der Waals surface area (Å²) in [7, 11) is 0.